The number of anilines is 3. The Hall–Kier alpha value is -2.02. The molecule has 5 N–H and O–H groups in total. The van der Waals surface area contributed by atoms with Crippen LogP contribution < -0.4 is 26.6 Å². The molecular weight excluding hydrogens is 256 g/mol. The number of nitrogens with two attached hydrogens (primary N) is 2. The number of carbonyl (C=O) groups excluding carboxylic acids is 1. The molecule has 1 unspecified atom stereocenters. The predicted molar refractivity (Wildman–Crippen MR) is 80.5 cm³/mol. The fourth-order valence-electron chi connectivity index (χ4n) is 2.51. The molecule has 1 aromatic rings. The number of amides is 1. The predicted octanol–water partition coefficient (Wildman–Crippen LogP) is -0.269. The van der Waals surface area contributed by atoms with Crippen molar-refractivity contribution in [2.75, 3.05) is 42.2 Å². The Morgan fingerprint density at radius 3 is 3.10 bits per heavy atom. The number of hydrogen-bond donors (Lipinski definition) is 3. The van der Waals surface area contributed by atoms with Crippen LogP contribution in [0.5, 0.6) is 0 Å². The van der Waals surface area contributed by atoms with Crippen LogP contribution in [0.1, 0.15) is 12.8 Å². The van der Waals surface area contributed by atoms with Crippen molar-refractivity contribution in [3.05, 3.63) is 12.1 Å². The van der Waals surface area contributed by atoms with Crippen molar-refractivity contribution in [2.45, 2.75) is 19.0 Å². The molecule has 0 saturated carbocycles. The van der Waals surface area contributed by atoms with Gasteiger partial charge in [-0.05, 0) is 25.0 Å². The maximum Gasteiger partial charge on any atom is 0.208 e. The zero-order chi connectivity index (χ0) is 14.5. The van der Waals surface area contributed by atoms with E-state index in [1.54, 1.807) is 0 Å². The molecule has 20 heavy (non-hydrogen) atoms. The molecule has 7 nitrogen and oxygen atoms in total. The van der Waals surface area contributed by atoms with E-state index in [0.717, 1.165) is 37.4 Å². The highest BCUT2D eigenvalue weighted by atomic mass is 16.1. The molecular formula is C13H22N6O. The number of hydrogen-bond acceptors (Lipinski definition) is 6. The number of aromatic nitrogens is 1. The van der Waals surface area contributed by atoms with Crippen LogP contribution in [0.25, 0.3) is 0 Å². The van der Waals surface area contributed by atoms with Crippen molar-refractivity contribution in [3.8, 4) is 0 Å². The fourth-order valence-corrected chi connectivity index (χ4v) is 2.51. The molecule has 1 aliphatic heterocycles. The van der Waals surface area contributed by atoms with Crippen LogP contribution >= 0.6 is 0 Å². The van der Waals surface area contributed by atoms with E-state index >= 15 is 0 Å². The van der Waals surface area contributed by atoms with Crippen LogP contribution in [0.15, 0.2) is 12.1 Å². The zero-order valence-electron chi connectivity index (χ0n) is 11.7. The highest BCUT2D eigenvalue weighted by Gasteiger charge is 2.25. The summed E-state index contributed by atoms with van der Waals surface area (Å²) < 4.78 is 0. The Morgan fingerprint density at radius 1 is 1.60 bits per heavy atom. The molecule has 0 radical (unpaired) electrons. The maximum absolute atomic E-state index is 10.7. The van der Waals surface area contributed by atoms with Gasteiger partial charge in [-0.3, -0.25) is 4.79 Å². The molecule has 1 atom stereocenters. The number of nitrogens with zero attached hydrogens (tertiary/aromatic N) is 3. The fraction of sp³-hybridized carbons (Fsp3) is 0.538. The monoisotopic (exact) mass is 278 g/mol. The van der Waals surface area contributed by atoms with Crippen molar-refractivity contribution in [2.24, 2.45) is 5.73 Å². The topological polar surface area (TPSA) is 101 Å². The number of nitrogens with one attached hydrogen (secondary N) is 1. The summed E-state index contributed by atoms with van der Waals surface area (Å²) >= 11 is 0. The quantitative estimate of drug-likeness (QED) is 0.619. The molecule has 1 aliphatic rings. The van der Waals surface area contributed by atoms with Crippen LogP contribution in [0.2, 0.25) is 0 Å². The largest absolute Gasteiger partial charge is 0.396 e. The standard InChI is InChI=1S/C13H22N6O/c1-18(8-6-14)13-10(15)4-5-12(17-13)19-7-2-3-11(19)16-9-20/h4-5,9,11H,2-3,6-8,14-15H2,1H3,(H,16,20). The molecule has 0 aromatic carbocycles. The summed E-state index contributed by atoms with van der Waals surface area (Å²) in [6, 6.07) is 3.74. The average molecular weight is 278 g/mol. The number of nitrogen functional groups attached to an aromatic ring is 1. The number of likely N-dealkylation sites (N-methyl/N-ethyl adjacent to an activating group) is 1. The van der Waals surface area contributed by atoms with Crippen molar-refractivity contribution in [3.63, 3.8) is 0 Å². The third kappa shape index (κ3) is 2.93. The first-order chi connectivity index (χ1) is 9.67. The van der Waals surface area contributed by atoms with Gasteiger partial charge in [0.2, 0.25) is 6.41 Å². The summed E-state index contributed by atoms with van der Waals surface area (Å²) in [6.07, 6.45) is 2.71. The van der Waals surface area contributed by atoms with E-state index in [0.29, 0.717) is 18.8 Å². The lowest BCUT2D eigenvalue weighted by Crippen LogP contribution is -2.41. The Morgan fingerprint density at radius 2 is 2.40 bits per heavy atom. The van der Waals surface area contributed by atoms with Gasteiger partial charge in [0.05, 0.1) is 5.69 Å². The van der Waals surface area contributed by atoms with E-state index in [4.69, 9.17) is 11.5 Å². The van der Waals surface area contributed by atoms with Crippen LogP contribution in [0.4, 0.5) is 17.3 Å². The van der Waals surface area contributed by atoms with Gasteiger partial charge in [0.15, 0.2) is 5.82 Å². The Bertz CT molecular complexity index is 466. The molecule has 1 fully saturated rings. The molecule has 2 heterocycles. The lowest BCUT2D eigenvalue weighted by Gasteiger charge is -2.27. The van der Waals surface area contributed by atoms with E-state index in [2.05, 4.69) is 15.2 Å². The Labute approximate surface area is 118 Å². The van der Waals surface area contributed by atoms with Gasteiger partial charge in [0.1, 0.15) is 12.0 Å². The molecule has 7 heteroatoms. The van der Waals surface area contributed by atoms with Gasteiger partial charge in [-0.25, -0.2) is 4.98 Å². The van der Waals surface area contributed by atoms with Crippen LogP contribution in [-0.4, -0.2) is 44.2 Å². The summed E-state index contributed by atoms with van der Waals surface area (Å²) in [5.41, 5.74) is 12.2. The van der Waals surface area contributed by atoms with Crippen molar-refractivity contribution in [1.82, 2.24) is 10.3 Å². The normalized spacial score (nSPS) is 18.1. The molecule has 110 valence electrons. The third-order valence-electron chi connectivity index (χ3n) is 3.52. The second kappa shape index (κ2) is 6.42. The summed E-state index contributed by atoms with van der Waals surface area (Å²) in [4.78, 5) is 19.3. The molecule has 1 saturated heterocycles. The average Bonchev–Trinajstić information content (AvgIpc) is 2.88. The highest BCUT2D eigenvalue weighted by molar-refractivity contribution is 5.66. The van der Waals surface area contributed by atoms with Gasteiger partial charge in [-0.2, -0.15) is 0 Å². The highest BCUT2D eigenvalue weighted by Crippen LogP contribution is 2.27. The van der Waals surface area contributed by atoms with E-state index in [9.17, 15) is 4.79 Å². The first kappa shape index (κ1) is 14.4. The molecule has 1 aromatic heterocycles. The minimum absolute atomic E-state index is 0.0105. The maximum atomic E-state index is 10.7. The Kier molecular flexibility index (Phi) is 4.62. The van der Waals surface area contributed by atoms with Gasteiger partial charge in [-0.1, -0.05) is 0 Å². The molecule has 0 spiro atoms. The SMILES string of the molecule is CN(CCN)c1nc(N2CCCC2NC=O)ccc1N. The number of carbonyl (C=O) groups is 1. The van der Waals surface area contributed by atoms with Gasteiger partial charge >= 0.3 is 0 Å². The van der Waals surface area contributed by atoms with Gasteiger partial charge in [0.25, 0.3) is 0 Å². The van der Waals surface area contributed by atoms with Gasteiger partial charge in [0, 0.05) is 26.7 Å². The van der Waals surface area contributed by atoms with Crippen LogP contribution in [0.3, 0.4) is 0 Å². The second-order valence-corrected chi connectivity index (χ2v) is 4.93. The summed E-state index contributed by atoms with van der Waals surface area (Å²) in [6.45, 7) is 2.11. The number of pyridine rings is 1. The van der Waals surface area contributed by atoms with Crippen LogP contribution in [-0.2, 0) is 4.79 Å². The smallest absolute Gasteiger partial charge is 0.208 e. The van der Waals surface area contributed by atoms with E-state index < -0.39 is 0 Å². The van der Waals surface area contributed by atoms with Crippen molar-refractivity contribution in [1.29, 1.82) is 0 Å². The summed E-state index contributed by atoms with van der Waals surface area (Å²) in [7, 11) is 1.92. The number of rotatable bonds is 6. The molecule has 0 aliphatic carbocycles. The van der Waals surface area contributed by atoms with E-state index in [1.165, 1.54) is 0 Å². The second-order valence-electron chi connectivity index (χ2n) is 4.93. The summed E-state index contributed by atoms with van der Waals surface area (Å²) in [5.74, 6) is 1.56. The minimum atomic E-state index is 0.0105. The first-order valence-corrected chi connectivity index (χ1v) is 6.81. The molecule has 2 rings (SSSR count). The molecule has 0 bridgehead atoms. The lowest BCUT2D eigenvalue weighted by molar-refractivity contribution is -0.110. The van der Waals surface area contributed by atoms with Crippen molar-refractivity contribution >= 4 is 23.7 Å². The van der Waals surface area contributed by atoms with Crippen LogP contribution in [0, 0.1) is 0 Å². The molecule has 1 amide bonds. The van der Waals surface area contributed by atoms with E-state index in [1.807, 2.05) is 24.1 Å². The first-order valence-electron chi connectivity index (χ1n) is 6.81. The lowest BCUT2D eigenvalue weighted by atomic mass is 10.3. The van der Waals surface area contributed by atoms with Crippen molar-refractivity contribution < 1.29 is 4.79 Å². The van der Waals surface area contributed by atoms with Gasteiger partial charge in [-0.15, -0.1) is 0 Å². The summed E-state index contributed by atoms with van der Waals surface area (Å²) in [5, 5.41) is 2.82. The van der Waals surface area contributed by atoms with E-state index in [-0.39, 0.29) is 6.17 Å². The third-order valence-corrected chi connectivity index (χ3v) is 3.52. The van der Waals surface area contributed by atoms with Gasteiger partial charge < -0.3 is 26.6 Å². The zero-order valence-corrected chi connectivity index (χ0v) is 11.7. The Balaban J connectivity index is 2.24. The minimum Gasteiger partial charge on any atom is -0.396 e.